The van der Waals surface area contributed by atoms with Gasteiger partial charge < -0.3 is 33.9 Å². The highest BCUT2D eigenvalue weighted by molar-refractivity contribution is 5.91. The number of likely N-dealkylation sites (tertiary alicyclic amines) is 1. The number of rotatable bonds is 8. The highest BCUT2D eigenvalue weighted by atomic mass is 16.6. The predicted molar refractivity (Wildman–Crippen MR) is 146 cm³/mol. The van der Waals surface area contributed by atoms with Crippen molar-refractivity contribution in [1.82, 2.24) is 4.90 Å². The molecular formula is C29H30N4O6. The van der Waals surface area contributed by atoms with E-state index in [1.165, 1.54) is 14.2 Å². The van der Waals surface area contributed by atoms with Crippen LogP contribution in [0.15, 0.2) is 77.9 Å². The third-order valence-corrected chi connectivity index (χ3v) is 6.00. The minimum Gasteiger partial charge on any atom is -0.493 e. The summed E-state index contributed by atoms with van der Waals surface area (Å²) in [5.41, 5.74) is 1.48. The molecule has 1 N–H and O–H groups in total. The Morgan fingerprint density at radius 2 is 1.62 bits per heavy atom. The maximum Gasteiger partial charge on any atom is 0.410 e. The van der Waals surface area contributed by atoms with Crippen LogP contribution in [0, 0.1) is 6.57 Å². The van der Waals surface area contributed by atoms with Crippen molar-refractivity contribution in [3.05, 3.63) is 89.9 Å². The Hall–Kier alpha value is -4.91. The van der Waals surface area contributed by atoms with Gasteiger partial charge in [0.2, 0.25) is 5.75 Å². The van der Waals surface area contributed by atoms with Crippen LogP contribution in [0.3, 0.4) is 0 Å². The van der Waals surface area contributed by atoms with Crippen LogP contribution in [-0.2, 0) is 11.3 Å². The molecule has 1 amide bonds. The molecule has 1 heterocycles. The molecule has 39 heavy (non-hydrogen) atoms. The van der Waals surface area contributed by atoms with Crippen molar-refractivity contribution < 1.29 is 28.5 Å². The van der Waals surface area contributed by atoms with E-state index in [4.69, 9.17) is 30.3 Å². The summed E-state index contributed by atoms with van der Waals surface area (Å²) in [6, 6.07) is 22.0. The molecule has 3 aromatic carbocycles. The van der Waals surface area contributed by atoms with Crippen LogP contribution in [0.1, 0.15) is 18.4 Å². The van der Waals surface area contributed by atoms with Crippen LogP contribution in [0.25, 0.3) is 4.95 Å². The molecule has 0 aromatic heterocycles. The zero-order chi connectivity index (χ0) is 27.5. The molecule has 0 bridgehead atoms. The van der Waals surface area contributed by atoms with Gasteiger partial charge in [0.25, 0.3) is 0 Å². The molecular weight excluding hydrogens is 500 g/mol. The number of anilines is 1. The van der Waals surface area contributed by atoms with Crippen LogP contribution >= 0.6 is 0 Å². The number of piperidine rings is 1. The number of amides is 1. The van der Waals surface area contributed by atoms with E-state index in [9.17, 15) is 4.79 Å². The number of carbonyl (C=O) groups excluding carboxylic acids is 1. The molecule has 0 saturated carbocycles. The monoisotopic (exact) mass is 530 g/mol. The molecule has 1 fully saturated rings. The topological polar surface area (TPSA) is 95.2 Å². The van der Waals surface area contributed by atoms with E-state index < -0.39 is 0 Å². The van der Waals surface area contributed by atoms with Crippen molar-refractivity contribution in [2.45, 2.75) is 25.6 Å². The number of nitrogens with zero attached hydrogens (tertiary/aromatic N) is 3. The van der Waals surface area contributed by atoms with Gasteiger partial charge in [0.15, 0.2) is 11.5 Å². The van der Waals surface area contributed by atoms with Crippen LogP contribution in [0.5, 0.6) is 23.0 Å². The van der Waals surface area contributed by atoms with E-state index in [1.807, 2.05) is 48.5 Å². The van der Waals surface area contributed by atoms with Gasteiger partial charge in [-0.15, -0.1) is 4.95 Å². The van der Waals surface area contributed by atoms with Crippen molar-refractivity contribution >= 4 is 17.8 Å². The fraction of sp³-hybridized carbons (Fsp3) is 0.276. The summed E-state index contributed by atoms with van der Waals surface area (Å²) in [5, 5.41) is 6.70. The Labute approximate surface area is 227 Å². The number of benzene rings is 3. The lowest BCUT2D eigenvalue weighted by atomic mass is 10.1. The molecule has 0 spiro atoms. The third-order valence-electron chi connectivity index (χ3n) is 6.00. The molecule has 4 rings (SSSR count). The molecule has 1 aliphatic rings. The number of ether oxygens (including phenoxy) is 5. The zero-order valence-corrected chi connectivity index (χ0v) is 21.8. The average molecular weight is 531 g/mol. The number of nitrogens with one attached hydrogen (secondary N) is 1. The van der Waals surface area contributed by atoms with Gasteiger partial charge in [-0.2, -0.15) is 6.57 Å². The predicted octanol–water partition coefficient (Wildman–Crippen LogP) is 5.56. The maximum absolute atomic E-state index is 12.5. The zero-order valence-electron chi connectivity index (χ0n) is 21.8. The summed E-state index contributed by atoms with van der Waals surface area (Å²) in [6.45, 7) is 8.38. The summed E-state index contributed by atoms with van der Waals surface area (Å²) in [6.07, 6.45) is 0.766. The van der Waals surface area contributed by atoms with Crippen molar-refractivity contribution in [2.24, 2.45) is 5.10 Å². The number of methoxy groups -OCH3 is 2. The SMILES string of the molecule is [C-]#[N+]/N=C(/Nc1cc(OC)c(OC2CCN(C(=O)OCc3ccccc3)CC2)c(OC)c1)Oc1ccccc1. The highest BCUT2D eigenvalue weighted by Gasteiger charge is 2.27. The molecule has 0 atom stereocenters. The van der Waals surface area contributed by atoms with Gasteiger partial charge >= 0.3 is 12.1 Å². The van der Waals surface area contributed by atoms with Crippen LogP contribution < -0.4 is 24.3 Å². The van der Waals surface area contributed by atoms with Gasteiger partial charge in [0.1, 0.15) is 23.6 Å². The molecule has 0 aliphatic carbocycles. The van der Waals surface area contributed by atoms with Crippen LogP contribution in [0.4, 0.5) is 10.5 Å². The second-order valence-electron chi connectivity index (χ2n) is 8.60. The third kappa shape index (κ3) is 7.55. The van der Waals surface area contributed by atoms with Crippen molar-refractivity contribution in [2.75, 3.05) is 32.6 Å². The molecule has 10 nitrogen and oxygen atoms in total. The standard InChI is InChI=1S/C29H30N4O6/c1-30-32-28(39-23-12-8-5-9-13-23)31-22-18-25(35-2)27(26(19-22)36-3)38-24-14-16-33(17-15-24)29(34)37-20-21-10-6-4-7-11-21/h4-13,18-19,24H,14-17,20H2,2-3H3,(H,31,32). The lowest BCUT2D eigenvalue weighted by molar-refractivity contribution is 0.0621. The second-order valence-corrected chi connectivity index (χ2v) is 8.60. The molecule has 1 saturated heterocycles. The average Bonchev–Trinajstić information content (AvgIpc) is 2.98. The largest absolute Gasteiger partial charge is 0.493 e. The van der Waals surface area contributed by atoms with E-state index in [-0.39, 0.29) is 24.8 Å². The first-order valence-corrected chi connectivity index (χ1v) is 12.4. The number of para-hydroxylation sites is 1. The summed E-state index contributed by atoms with van der Waals surface area (Å²) < 4.78 is 28.6. The Kier molecular flexibility index (Phi) is 9.45. The normalized spacial score (nSPS) is 13.7. The minimum absolute atomic E-state index is 0.000460. The molecule has 1 aliphatic heterocycles. The van der Waals surface area contributed by atoms with Crippen molar-refractivity contribution in [3.8, 4) is 23.0 Å². The van der Waals surface area contributed by atoms with Gasteiger partial charge in [0, 0.05) is 38.1 Å². The van der Waals surface area contributed by atoms with Gasteiger partial charge in [-0.3, -0.25) is 0 Å². The number of hydrogen-bond donors (Lipinski definition) is 1. The van der Waals surface area contributed by atoms with Crippen molar-refractivity contribution in [1.29, 1.82) is 0 Å². The van der Waals surface area contributed by atoms with Gasteiger partial charge in [0.05, 0.1) is 19.9 Å². The fourth-order valence-corrected chi connectivity index (χ4v) is 4.04. The van der Waals surface area contributed by atoms with Gasteiger partial charge in [-0.25, -0.2) is 4.79 Å². The Morgan fingerprint density at radius 1 is 1.00 bits per heavy atom. The molecule has 10 heteroatoms. The lowest BCUT2D eigenvalue weighted by Gasteiger charge is -2.32. The number of amidine groups is 1. The highest BCUT2D eigenvalue weighted by Crippen LogP contribution is 2.41. The smallest absolute Gasteiger partial charge is 0.410 e. The summed E-state index contributed by atoms with van der Waals surface area (Å²) >= 11 is 0. The van der Waals surface area contributed by atoms with Gasteiger partial charge in [-0.05, 0) is 17.7 Å². The second kappa shape index (κ2) is 13.6. The van der Waals surface area contributed by atoms with E-state index in [0.29, 0.717) is 54.6 Å². The number of carbonyl (C=O) groups is 1. The van der Waals surface area contributed by atoms with E-state index >= 15 is 0 Å². The number of hydrogen-bond acceptors (Lipinski definition) is 7. The van der Waals surface area contributed by atoms with E-state index in [1.54, 1.807) is 29.2 Å². The Balaban J connectivity index is 1.38. The first-order valence-electron chi connectivity index (χ1n) is 12.4. The molecule has 3 aromatic rings. The first kappa shape index (κ1) is 27.1. The summed E-state index contributed by atoms with van der Waals surface area (Å²) in [7, 11) is 3.07. The Morgan fingerprint density at radius 3 is 2.21 bits per heavy atom. The quantitative estimate of drug-likeness (QED) is 0.176. The van der Waals surface area contributed by atoms with E-state index in [0.717, 1.165) is 5.56 Å². The minimum atomic E-state index is -0.336. The first-order chi connectivity index (χ1) is 19.1. The maximum atomic E-state index is 12.5. The van der Waals surface area contributed by atoms with Crippen LogP contribution in [0.2, 0.25) is 0 Å². The summed E-state index contributed by atoms with van der Waals surface area (Å²) in [4.78, 5) is 17.3. The Bertz CT molecular complexity index is 1280. The molecule has 0 radical (unpaired) electrons. The van der Waals surface area contributed by atoms with Crippen LogP contribution in [-0.4, -0.2) is 50.4 Å². The van der Waals surface area contributed by atoms with Gasteiger partial charge in [-0.1, -0.05) is 48.5 Å². The molecule has 202 valence electrons. The molecule has 0 unspecified atom stereocenters. The fourth-order valence-electron chi connectivity index (χ4n) is 4.04. The summed E-state index contributed by atoms with van der Waals surface area (Å²) in [5.74, 6) is 1.84. The van der Waals surface area contributed by atoms with Crippen molar-refractivity contribution in [3.63, 3.8) is 0 Å². The lowest BCUT2D eigenvalue weighted by Crippen LogP contribution is -2.42. The van der Waals surface area contributed by atoms with E-state index in [2.05, 4.69) is 15.4 Å².